The molecule has 6 rings (SSSR count). The first kappa shape index (κ1) is 23.9. The van der Waals surface area contributed by atoms with Gasteiger partial charge in [-0.15, -0.1) is 0 Å². The van der Waals surface area contributed by atoms with E-state index in [-0.39, 0.29) is 0 Å². The molecule has 3 heterocycles. The van der Waals surface area contributed by atoms with Gasteiger partial charge in [-0.3, -0.25) is 4.40 Å². The zero-order valence-electron chi connectivity index (χ0n) is 22.1. The van der Waals surface area contributed by atoms with E-state index in [2.05, 4.69) is 121 Å². The smallest absolute Gasteiger partial charge is 0.164 e. The summed E-state index contributed by atoms with van der Waals surface area (Å²) in [5.74, 6) is 0. The fraction of sp³-hybridized carbons (Fsp3) is 0.143. The average molecular weight is 494 g/mol. The van der Waals surface area contributed by atoms with Crippen LogP contribution < -0.4 is 0 Å². The summed E-state index contributed by atoms with van der Waals surface area (Å²) in [5.41, 5.74) is 10.2. The minimum Gasteiger partial charge on any atom is -0.276 e. The SMILES string of the molecule is CC/C=C\C=C1C=C(/C(C)=C/C=C(\C)c2ccc3c(c2)c2ccccc2n2c4ncccc4nc32)C=CC\1. The Bertz CT molecular complexity index is 1890. The first-order valence-corrected chi connectivity index (χ1v) is 13.3. The predicted octanol–water partition coefficient (Wildman–Crippen LogP) is 9.32. The molecule has 2 aromatic carbocycles. The van der Waals surface area contributed by atoms with Crippen LogP contribution in [0.2, 0.25) is 0 Å². The Labute approximate surface area is 223 Å². The molecule has 0 spiro atoms. The van der Waals surface area contributed by atoms with Gasteiger partial charge in [0.15, 0.2) is 5.65 Å². The standard InChI is InChI=1S/C35H31N3/c1-4-5-6-11-26-12-9-13-27(22-26)24(2)17-18-25(3)28-19-20-30-31(23-28)29-14-7-8-16-33(29)38-34(30)37-32-15-10-21-36-35(32)38/h5-11,13-23H,4,12H2,1-3H3/b6-5-,24-17+,25-18+,26-11+. The van der Waals surface area contributed by atoms with Crippen molar-refractivity contribution in [2.75, 3.05) is 0 Å². The van der Waals surface area contributed by atoms with Crippen LogP contribution >= 0.6 is 0 Å². The van der Waals surface area contributed by atoms with Gasteiger partial charge in [-0.2, -0.15) is 0 Å². The fourth-order valence-corrected chi connectivity index (χ4v) is 5.19. The second-order valence-corrected chi connectivity index (χ2v) is 9.88. The maximum absolute atomic E-state index is 4.96. The Morgan fingerprint density at radius 1 is 0.921 bits per heavy atom. The van der Waals surface area contributed by atoms with Crippen LogP contribution in [-0.2, 0) is 0 Å². The number of allylic oxidation sites excluding steroid dienone is 12. The van der Waals surface area contributed by atoms with Crippen molar-refractivity contribution >= 4 is 44.1 Å². The molecule has 0 saturated heterocycles. The van der Waals surface area contributed by atoms with Crippen molar-refractivity contribution in [2.45, 2.75) is 33.6 Å². The van der Waals surface area contributed by atoms with E-state index < -0.39 is 0 Å². The number of nitrogens with zero attached hydrogens (tertiary/aromatic N) is 3. The minimum atomic E-state index is 0.895. The highest BCUT2D eigenvalue weighted by Crippen LogP contribution is 2.33. The summed E-state index contributed by atoms with van der Waals surface area (Å²) in [7, 11) is 0. The third-order valence-corrected chi connectivity index (χ3v) is 7.28. The van der Waals surface area contributed by atoms with Crippen LogP contribution in [0.25, 0.3) is 44.1 Å². The first-order valence-electron chi connectivity index (χ1n) is 13.3. The van der Waals surface area contributed by atoms with Crippen molar-refractivity contribution in [2.24, 2.45) is 0 Å². The molecule has 186 valence electrons. The third-order valence-electron chi connectivity index (χ3n) is 7.28. The summed E-state index contributed by atoms with van der Waals surface area (Å²) >= 11 is 0. The van der Waals surface area contributed by atoms with Gasteiger partial charge in [-0.05, 0) is 84.2 Å². The number of pyridine rings is 2. The molecule has 1 aliphatic carbocycles. The molecule has 3 nitrogen and oxygen atoms in total. The lowest BCUT2D eigenvalue weighted by molar-refractivity contribution is 1.21. The topological polar surface area (TPSA) is 30.2 Å². The molecule has 5 aromatic rings. The maximum Gasteiger partial charge on any atom is 0.164 e. The van der Waals surface area contributed by atoms with Crippen LogP contribution in [0.15, 0.2) is 126 Å². The molecule has 3 aromatic heterocycles. The van der Waals surface area contributed by atoms with Crippen LogP contribution in [0.5, 0.6) is 0 Å². The summed E-state index contributed by atoms with van der Waals surface area (Å²) in [6.07, 6.45) is 21.7. The molecular formula is C35H31N3. The molecule has 0 N–H and O–H groups in total. The van der Waals surface area contributed by atoms with E-state index in [4.69, 9.17) is 4.98 Å². The van der Waals surface area contributed by atoms with Crippen molar-refractivity contribution in [1.29, 1.82) is 0 Å². The van der Waals surface area contributed by atoms with Crippen LogP contribution in [0.3, 0.4) is 0 Å². The van der Waals surface area contributed by atoms with E-state index in [0.717, 1.165) is 40.6 Å². The van der Waals surface area contributed by atoms with Gasteiger partial charge in [0.05, 0.1) is 5.52 Å². The summed E-state index contributed by atoms with van der Waals surface area (Å²) in [5, 5.41) is 3.55. The van der Waals surface area contributed by atoms with Crippen molar-refractivity contribution in [3.05, 3.63) is 132 Å². The van der Waals surface area contributed by atoms with Crippen LogP contribution in [0.1, 0.15) is 39.2 Å². The number of aromatic nitrogens is 3. The van der Waals surface area contributed by atoms with Crippen molar-refractivity contribution in [3.63, 3.8) is 0 Å². The highest BCUT2D eigenvalue weighted by Gasteiger charge is 2.14. The molecule has 0 atom stereocenters. The normalized spacial score (nSPS) is 16.1. The molecule has 38 heavy (non-hydrogen) atoms. The molecule has 0 aliphatic heterocycles. The maximum atomic E-state index is 4.96. The average Bonchev–Trinajstić information content (AvgIpc) is 3.36. The largest absolute Gasteiger partial charge is 0.276 e. The predicted molar refractivity (Wildman–Crippen MR) is 162 cm³/mol. The number of fused-ring (bicyclic) bond motifs is 8. The number of hydrogen-bond donors (Lipinski definition) is 0. The Morgan fingerprint density at radius 2 is 1.79 bits per heavy atom. The molecule has 0 bridgehead atoms. The lowest BCUT2D eigenvalue weighted by Gasteiger charge is -2.11. The molecule has 0 fully saturated rings. The molecular weight excluding hydrogens is 462 g/mol. The van der Waals surface area contributed by atoms with Crippen LogP contribution in [0, 0.1) is 0 Å². The summed E-state index contributed by atoms with van der Waals surface area (Å²) in [6, 6.07) is 19.2. The molecule has 0 radical (unpaired) electrons. The molecule has 0 amide bonds. The van der Waals surface area contributed by atoms with Crippen molar-refractivity contribution < 1.29 is 0 Å². The Morgan fingerprint density at radius 3 is 2.68 bits per heavy atom. The number of hydrogen-bond acceptors (Lipinski definition) is 2. The fourth-order valence-electron chi connectivity index (χ4n) is 5.19. The zero-order valence-corrected chi connectivity index (χ0v) is 22.1. The van der Waals surface area contributed by atoms with E-state index in [1.165, 1.54) is 38.6 Å². The highest BCUT2D eigenvalue weighted by molar-refractivity contribution is 6.14. The van der Waals surface area contributed by atoms with Gasteiger partial charge in [0.2, 0.25) is 0 Å². The highest BCUT2D eigenvalue weighted by atomic mass is 15.1. The van der Waals surface area contributed by atoms with Gasteiger partial charge < -0.3 is 0 Å². The summed E-state index contributed by atoms with van der Waals surface area (Å²) in [4.78, 5) is 9.61. The van der Waals surface area contributed by atoms with Gasteiger partial charge in [0.1, 0.15) is 11.2 Å². The van der Waals surface area contributed by atoms with Gasteiger partial charge in [0.25, 0.3) is 0 Å². The Balaban J connectivity index is 1.42. The summed E-state index contributed by atoms with van der Waals surface area (Å²) < 4.78 is 2.19. The minimum absolute atomic E-state index is 0.895. The molecule has 0 unspecified atom stereocenters. The van der Waals surface area contributed by atoms with Gasteiger partial charge in [-0.1, -0.05) is 85.9 Å². The third kappa shape index (κ3) is 4.31. The monoisotopic (exact) mass is 493 g/mol. The van der Waals surface area contributed by atoms with Crippen molar-refractivity contribution in [3.8, 4) is 0 Å². The van der Waals surface area contributed by atoms with E-state index >= 15 is 0 Å². The number of imidazole rings is 1. The van der Waals surface area contributed by atoms with E-state index in [1.54, 1.807) is 0 Å². The van der Waals surface area contributed by atoms with E-state index in [0.29, 0.717) is 0 Å². The van der Waals surface area contributed by atoms with E-state index in [9.17, 15) is 0 Å². The number of benzene rings is 2. The van der Waals surface area contributed by atoms with Gasteiger partial charge >= 0.3 is 0 Å². The molecule has 3 heteroatoms. The lowest BCUT2D eigenvalue weighted by atomic mass is 9.95. The number of rotatable bonds is 5. The first-order chi connectivity index (χ1) is 18.6. The van der Waals surface area contributed by atoms with Crippen LogP contribution in [-0.4, -0.2) is 14.4 Å². The van der Waals surface area contributed by atoms with Gasteiger partial charge in [-0.25, -0.2) is 9.97 Å². The zero-order chi connectivity index (χ0) is 26.1. The second kappa shape index (κ2) is 10.1. The van der Waals surface area contributed by atoms with Gasteiger partial charge in [0, 0.05) is 17.0 Å². The Hall–Kier alpha value is -4.50. The lowest BCUT2D eigenvalue weighted by Crippen LogP contribution is -1.93. The molecule has 0 saturated carbocycles. The quantitative estimate of drug-likeness (QED) is 0.180. The number of para-hydroxylation sites is 1. The van der Waals surface area contributed by atoms with Crippen molar-refractivity contribution in [1.82, 2.24) is 14.4 Å². The second-order valence-electron chi connectivity index (χ2n) is 9.88. The summed E-state index contributed by atoms with van der Waals surface area (Å²) in [6.45, 7) is 6.53. The van der Waals surface area contributed by atoms with E-state index in [1.807, 2.05) is 18.3 Å². The van der Waals surface area contributed by atoms with Crippen LogP contribution in [0.4, 0.5) is 0 Å². The molecule has 1 aliphatic rings. The Kier molecular flexibility index (Phi) is 6.35.